The molecule has 9 aromatic carbocycles. The lowest BCUT2D eigenvalue weighted by Crippen LogP contribution is -2.16. The first-order chi connectivity index (χ1) is 31.8. The molecule has 12 rings (SSSR count). The van der Waals surface area contributed by atoms with E-state index in [1.165, 1.54) is 49.3 Å². The lowest BCUT2D eigenvalue weighted by Gasteiger charge is -2.28. The molecule has 1 aliphatic carbocycles. The highest BCUT2D eigenvalue weighted by Crippen LogP contribution is 2.42. The van der Waals surface area contributed by atoms with Gasteiger partial charge in [-0.2, -0.15) is 0 Å². The van der Waals surface area contributed by atoms with E-state index in [0.29, 0.717) is 0 Å². The van der Waals surface area contributed by atoms with Crippen molar-refractivity contribution in [2.24, 2.45) is 0 Å². The SMILES string of the molecule is C1=CC=C(N(c2ccc(-c3ccc(N(c4ccccc4)c4ccc5c6ccccc6n(-c6ccccc6)c5c4)cc3)cc2)c2ccc3c4ccccc4n(-c4ccccc4)c3c2)CC=1. The zero-order valence-electron chi connectivity index (χ0n) is 35.1. The van der Waals surface area contributed by atoms with Crippen molar-refractivity contribution in [1.29, 1.82) is 0 Å². The molecule has 0 bridgehead atoms. The van der Waals surface area contributed by atoms with Gasteiger partial charge in [0.1, 0.15) is 0 Å². The van der Waals surface area contributed by atoms with E-state index in [0.717, 1.165) is 57.4 Å². The van der Waals surface area contributed by atoms with Gasteiger partial charge in [0.25, 0.3) is 0 Å². The maximum atomic E-state index is 3.27. The number of allylic oxidation sites excluding steroid dienone is 2. The van der Waals surface area contributed by atoms with E-state index in [9.17, 15) is 0 Å². The molecule has 1 aliphatic rings. The Kier molecular flexibility index (Phi) is 9.14. The van der Waals surface area contributed by atoms with E-state index < -0.39 is 0 Å². The van der Waals surface area contributed by atoms with Crippen LogP contribution in [0.15, 0.2) is 254 Å². The third-order valence-electron chi connectivity index (χ3n) is 12.5. The maximum absolute atomic E-state index is 3.27. The fourth-order valence-electron chi connectivity index (χ4n) is 9.63. The number of anilines is 5. The van der Waals surface area contributed by atoms with Crippen molar-refractivity contribution in [3.05, 3.63) is 254 Å². The number of nitrogens with zero attached hydrogens (tertiary/aromatic N) is 4. The van der Waals surface area contributed by atoms with Crippen LogP contribution in [0.3, 0.4) is 0 Å². The standard InChI is InChI=1S/C60H42N4/c1-5-17-45(18-6-1)61(51-37-39-55-53-25-13-15-27-57(53)63(59(55)41-51)47-21-9-3-10-22-47)49-33-29-43(30-34-49)44-31-35-50(36-32-44)62(46-19-7-2-8-20-46)52-38-40-56-54-26-14-16-28-58(54)64(60(56)42-52)48-23-11-4-12-24-48/h1,3-19,21-42H,20H2. The third-order valence-corrected chi connectivity index (χ3v) is 12.5. The maximum Gasteiger partial charge on any atom is 0.0561 e. The van der Waals surface area contributed by atoms with Crippen molar-refractivity contribution in [2.45, 2.75) is 6.42 Å². The molecule has 0 unspecified atom stereocenters. The Balaban J connectivity index is 0.911. The number of hydrogen-bond acceptors (Lipinski definition) is 2. The molecular formula is C60H42N4. The molecule has 64 heavy (non-hydrogen) atoms. The quantitative estimate of drug-likeness (QED) is 0.135. The van der Waals surface area contributed by atoms with Gasteiger partial charge in [-0.05, 0) is 126 Å². The number of rotatable bonds is 9. The van der Waals surface area contributed by atoms with E-state index in [1.807, 2.05) is 6.08 Å². The highest BCUT2D eigenvalue weighted by molar-refractivity contribution is 6.11. The summed E-state index contributed by atoms with van der Waals surface area (Å²) < 4.78 is 4.77. The molecule has 0 saturated carbocycles. The van der Waals surface area contributed by atoms with Crippen LogP contribution in [0.1, 0.15) is 6.42 Å². The summed E-state index contributed by atoms with van der Waals surface area (Å²) in [5.74, 6) is 0. The van der Waals surface area contributed by atoms with Crippen LogP contribution in [-0.2, 0) is 0 Å². The van der Waals surface area contributed by atoms with E-state index in [4.69, 9.17) is 0 Å². The average molecular weight is 819 g/mol. The molecule has 0 amide bonds. The summed E-state index contributed by atoms with van der Waals surface area (Å²) in [7, 11) is 0. The molecule has 0 saturated heterocycles. The van der Waals surface area contributed by atoms with Gasteiger partial charge < -0.3 is 18.9 Å². The Hall–Kier alpha value is -8.56. The Labute approximate surface area is 372 Å². The second-order valence-electron chi connectivity index (χ2n) is 16.3. The Morgan fingerprint density at radius 2 is 0.750 bits per heavy atom. The van der Waals surface area contributed by atoms with Crippen LogP contribution in [0.25, 0.3) is 66.1 Å². The van der Waals surface area contributed by atoms with Crippen LogP contribution in [-0.4, -0.2) is 9.13 Å². The zero-order chi connectivity index (χ0) is 42.4. The summed E-state index contributed by atoms with van der Waals surface area (Å²) in [4.78, 5) is 4.74. The zero-order valence-corrected chi connectivity index (χ0v) is 35.1. The molecular weight excluding hydrogens is 777 g/mol. The predicted molar refractivity (Wildman–Crippen MR) is 269 cm³/mol. The molecule has 0 spiro atoms. The fourth-order valence-corrected chi connectivity index (χ4v) is 9.63. The minimum atomic E-state index is 0.790. The molecule has 0 radical (unpaired) electrons. The lowest BCUT2D eigenvalue weighted by molar-refractivity contribution is 1.07. The fraction of sp³-hybridized carbons (Fsp3) is 0.0167. The summed E-state index contributed by atoms with van der Waals surface area (Å²) in [6.45, 7) is 0. The third kappa shape index (κ3) is 6.41. The average Bonchev–Trinajstić information content (AvgIpc) is 3.88. The van der Waals surface area contributed by atoms with Crippen LogP contribution < -0.4 is 9.80 Å². The van der Waals surface area contributed by atoms with E-state index in [-0.39, 0.29) is 0 Å². The van der Waals surface area contributed by atoms with Crippen LogP contribution in [0.2, 0.25) is 0 Å². The largest absolute Gasteiger partial charge is 0.314 e. The summed E-state index contributed by atoms with van der Waals surface area (Å²) in [6, 6.07) is 81.1. The van der Waals surface area contributed by atoms with Gasteiger partial charge in [-0.3, -0.25) is 0 Å². The van der Waals surface area contributed by atoms with Crippen molar-refractivity contribution >= 4 is 72.0 Å². The van der Waals surface area contributed by atoms with Crippen molar-refractivity contribution in [1.82, 2.24) is 9.13 Å². The molecule has 0 aliphatic heterocycles. The normalized spacial score (nSPS) is 12.3. The minimum absolute atomic E-state index is 0.790. The van der Waals surface area contributed by atoms with Gasteiger partial charge in [-0.15, -0.1) is 5.73 Å². The molecule has 0 atom stereocenters. The van der Waals surface area contributed by atoms with Crippen molar-refractivity contribution in [3.8, 4) is 22.5 Å². The van der Waals surface area contributed by atoms with Gasteiger partial charge in [0.15, 0.2) is 0 Å². The highest BCUT2D eigenvalue weighted by Gasteiger charge is 2.20. The van der Waals surface area contributed by atoms with Gasteiger partial charge in [-0.25, -0.2) is 0 Å². The molecule has 0 N–H and O–H groups in total. The first-order valence-corrected chi connectivity index (χ1v) is 21.9. The number of fused-ring (bicyclic) bond motifs is 6. The van der Waals surface area contributed by atoms with Gasteiger partial charge in [0, 0.05) is 73.5 Å². The minimum Gasteiger partial charge on any atom is -0.314 e. The molecule has 2 aromatic heterocycles. The Morgan fingerprint density at radius 1 is 0.344 bits per heavy atom. The van der Waals surface area contributed by atoms with Crippen LogP contribution >= 0.6 is 0 Å². The Morgan fingerprint density at radius 3 is 1.25 bits per heavy atom. The van der Waals surface area contributed by atoms with Gasteiger partial charge in [0.05, 0.1) is 22.1 Å². The molecule has 4 nitrogen and oxygen atoms in total. The van der Waals surface area contributed by atoms with E-state index in [1.54, 1.807) is 0 Å². The molecule has 302 valence electrons. The predicted octanol–water partition coefficient (Wildman–Crippen LogP) is 16.2. The summed E-state index contributed by atoms with van der Waals surface area (Å²) in [5.41, 5.74) is 19.3. The van der Waals surface area contributed by atoms with Gasteiger partial charge in [0.2, 0.25) is 0 Å². The molecule has 4 heteroatoms. The summed E-state index contributed by atoms with van der Waals surface area (Å²) >= 11 is 0. The van der Waals surface area contributed by atoms with E-state index >= 15 is 0 Å². The van der Waals surface area contributed by atoms with Gasteiger partial charge in [-0.1, -0.05) is 127 Å². The number of benzene rings is 9. The van der Waals surface area contributed by atoms with Crippen LogP contribution in [0, 0.1) is 0 Å². The van der Waals surface area contributed by atoms with Gasteiger partial charge >= 0.3 is 0 Å². The first kappa shape index (κ1) is 37.2. The first-order valence-electron chi connectivity index (χ1n) is 21.9. The van der Waals surface area contributed by atoms with Crippen molar-refractivity contribution < 1.29 is 0 Å². The topological polar surface area (TPSA) is 16.3 Å². The molecule has 0 fully saturated rings. The number of aromatic nitrogens is 2. The van der Waals surface area contributed by atoms with Crippen molar-refractivity contribution in [2.75, 3.05) is 9.80 Å². The van der Waals surface area contributed by atoms with E-state index in [2.05, 4.69) is 261 Å². The van der Waals surface area contributed by atoms with Crippen LogP contribution in [0.5, 0.6) is 0 Å². The number of hydrogen-bond donors (Lipinski definition) is 0. The monoisotopic (exact) mass is 818 g/mol. The number of para-hydroxylation sites is 5. The second kappa shape index (κ2) is 15.7. The highest BCUT2D eigenvalue weighted by atomic mass is 15.2. The summed E-state index contributed by atoms with van der Waals surface area (Å²) in [6.07, 6.45) is 7.10. The second-order valence-corrected chi connectivity index (χ2v) is 16.3. The molecule has 11 aromatic rings. The lowest BCUT2D eigenvalue weighted by atomic mass is 10.0. The van der Waals surface area contributed by atoms with Crippen LogP contribution in [0.4, 0.5) is 28.4 Å². The molecule has 2 heterocycles. The van der Waals surface area contributed by atoms with Crippen molar-refractivity contribution in [3.63, 3.8) is 0 Å². The Bertz CT molecular complexity index is 3590. The summed E-state index contributed by atoms with van der Waals surface area (Å²) in [5, 5.41) is 4.96. The smallest absolute Gasteiger partial charge is 0.0561 e.